The highest BCUT2D eigenvalue weighted by atomic mass is 19.1. The molecule has 0 radical (unpaired) electrons. The lowest BCUT2D eigenvalue weighted by atomic mass is 10.3. The number of nitrogens with one attached hydrogen (secondary N) is 1. The van der Waals surface area contributed by atoms with Crippen LogP contribution in [-0.2, 0) is 4.79 Å². The third-order valence-corrected chi connectivity index (χ3v) is 3.05. The second-order valence-electron chi connectivity index (χ2n) is 4.29. The zero-order chi connectivity index (χ0) is 13.0. The van der Waals surface area contributed by atoms with Crippen molar-refractivity contribution in [1.82, 2.24) is 4.90 Å². The first-order chi connectivity index (χ1) is 8.70. The summed E-state index contributed by atoms with van der Waals surface area (Å²) < 4.78 is 18.2. The van der Waals surface area contributed by atoms with Crippen LogP contribution >= 0.6 is 0 Å². The van der Waals surface area contributed by atoms with Gasteiger partial charge in [0.25, 0.3) is 0 Å². The fourth-order valence-electron chi connectivity index (χ4n) is 2.03. The van der Waals surface area contributed by atoms with E-state index in [1.807, 2.05) is 4.90 Å². The molecule has 18 heavy (non-hydrogen) atoms. The molecule has 1 aliphatic rings. The van der Waals surface area contributed by atoms with Gasteiger partial charge in [-0.2, -0.15) is 0 Å². The first-order valence-electron chi connectivity index (χ1n) is 6.06. The minimum atomic E-state index is -0.434. The van der Waals surface area contributed by atoms with Crippen molar-refractivity contribution < 1.29 is 13.9 Å². The van der Waals surface area contributed by atoms with Gasteiger partial charge < -0.3 is 15.0 Å². The molecule has 1 amide bonds. The summed E-state index contributed by atoms with van der Waals surface area (Å²) in [6.45, 7) is 1.86. The molecule has 0 unspecified atom stereocenters. The van der Waals surface area contributed by atoms with Crippen LogP contribution < -0.4 is 10.1 Å². The van der Waals surface area contributed by atoms with Gasteiger partial charge >= 0.3 is 0 Å². The second kappa shape index (κ2) is 5.71. The summed E-state index contributed by atoms with van der Waals surface area (Å²) in [5, 5.41) is 2.93. The van der Waals surface area contributed by atoms with Gasteiger partial charge in [0, 0.05) is 24.8 Å². The molecule has 1 N–H and O–H groups in total. The number of amides is 1. The Bertz CT molecular complexity index is 431. The summed E-state index contributed by atoms with van der Waals surface area (Å²) in [5.41, 5.74) is 0.584. The summed E-state index contributed by atoms with van der Waals surface area (Å²) in [6, 6.07) is 4.56. The van der Waals surface area contributed by atoms with Crippen molar-refractivity contribution in [2.24, 2.45) is 0 Å². The molecule has 0 spiro atoms. The first-order valence-corrected chi connectivity index (χ1v) is 6.06. The van der Waals surface area contributed by atoms with Gasteiger partial charge in [-0.05, 0) is 25.0 Å². The average molecular weight is 252 g/mol. The van der Waals surface area contributed by atoms with Crippen molar-refractivity contribution in [3.05, 3.63) is 24.0 Å². The number of carbonyl (C=O) groups excluding carboxylic acids is 1. The normalized spacial score (nSPS) is 14.7. The molecule has 0 saturated carbocycles. The maximum Gasteiger partial charge on any atom is 0.241 e. The third kappa shape index (κ3) is 2.91. The lowest BCUT2D eigenvalue weighted by molar-refractivity contribution is -0.128. The molecule has 98 valence electrons. The molecule has 0 aromatic heterocycles. The van der Waals surface area contributed by atoms with E-state index in [1.54, 1.807) is 6.07 Å². The standard InChI is InChI=1S/C13H17FN2O2/c1-18-12-5-4-10(8-11(12)14)15-9-13(17)16-6-2-3-7-16/h4-5,8,15H,2-3,6-7,9H2,1H3. The highest BCUT2D eigenvalue weighted by Crippen LogP contribution is 2.20. The summed E-state index contributed by atoms with van der Waals surface area (Å²) in [7, 11) is 1.42. The van der Waals surface area contributed by atoms with E-state index in [9.17, 15) is 9.18 Å². The van der Waals surface area contributed by atoms with Gasteiger partial charge in [-0.3, -0.25) is 4.79 Å². The third-order valence-electron chi connectivity index (χ3n) is 3.05. The molecule has 5 heteroatoms. The number of benzene rings is 1. The van der Waals surface area contributed by atoms with Crippen molar-refractivity contribution in [3.8, 4) is 5.75 Å². The van der Waals surface area contributed by atoms with Gasteiger partial charge in [-0.15, -0.1) is 0 Å². The second-order valence-corrected chi connectivity index (χ2v) is 4.29. The number of methoxy groups -OCH3 is 1. The van der Waals surface area contributed by atoms with E-state index in [4.69, 9.17) is 4.74 Å². The lowest BCUT2D eigenvalue weighted by Crippen LogP contribution is -2.32. The number of hydrogen-bond donors (Lipinski definition) is 1. The van der Waals surface area contributed by atoms with Crippen molar-refractivity contribution >= 4 is 11.6 Å². The maximum atomic E-state index is 13.4. The Morgan fingerprint density at radius 2 is 2.17 bits per heavy atom. The summed E-state index contributed by atoms with van der Waals surface area (Å²) in [5.74, 6) is -0.175. The van der Waals surface area contributed by atoms with Gasteiger partial charge in [-0.1, -0.05) is 0 Å². The Labute approximate surface area is 106 Å². The first kappa shape index (κ1) is 12.7. The Kier molecular flexibility index (Phi) is 4.02. The van der Waals surface area contributed by atoms with E-state index in [0.29, 0.717) is 5.69 Å². The Hall–Kier alpha value is -1.78. The molecule has 1 aromatic carbocycles. The highest BCUT2D eigenvalue weighted by molar-refractivity contribution is 5.81. The summed E-state index contributed by atoms with van der Waals surface area (Å²) >= 11 is 0. The monoisotopic (exact) mass is 252 g/mol. The van der Waals surface area contributed by atoms with E-state index in [-0.39, 0.29) is 18.2 Å². The molecule has 2 rings (SSSR count). The van der Waals surface area contributed by atoms with Crippen molar-refractivity contribution in [2.75, 3.05) is 32.1 Å². The lowest BCUT2D eigenvalue weighted by Gasteiger charge is -2.16. The van der Waals surface area contributed by atoms with Crippen LogP contribution in [0.2, 0.25) is 0 Å². The van der Waals surface area contributed by atoms with Crippen LogP contribution in [0.15, 0.2) is 18.2 Å². The van der Waals surface area contributed by atoms with Crippen LogP contribution in [0.4, 0.5) is 10.1 Å². The molecule has 0 atom stereocenters. The van der Waals surface area contributed by atoms with Gasteiger partial charge in [0.2, 0.25) is 5.91 Å². The Morgan fingerprint density at radius 1 is 1.44 bits per heavy atom. The molecule has 1 aromatic rings. The van der Waals surface area contributed by atoms with Crippen LogP contribution in [0, 0.1) is 5.82 Å². The largest absolute Gasteiger partial charge is 0.494 e. The molecule has 1 fully saturated rings. The topological polar surface area (TPSA) is 41.6 Å². The minimum Gasteiger partial charge on any atom is -0.494 e. The Morgan fingerprint density at radius 3 is 2.78 bits per heavy atom. The van der Waals surface area contributed by atoms with E-state index in [0.717, 1.165) is 25.9 Å². The zero-order valence-electron chi connectivity index (χ0n) is 10.4. The number of halogens is 1. The molecular formula is C13H17FN2O2. The van der Waals surface area contributed by atoms with Gasteiger partial charge in [0.15, 0.2) is 11.6 Å². The molecule has 0 bridgehead atoms. The van der Waals surface area contributed by atoms with E-state index in [2.05, 4.69) is 5.32 Å². The van der Waals surface area contributed by atoms with E-state index < -0.39 is 5.82 Å². The maximum absolute atomic E-state index is 13.4. The summed E-state index contributed by atoms with van der Waals surface area (Å²) in [6.07, 6.45) is 2.14. The fraction of sp³-hybridized carbons (Fsp3) is 0.462. The van der Waals surface area contributed by atoms with Gasteiger partial charge in [0.05, 0.1) is 13.7 Å². The van der Waals surface area contributed by atoms with Gasteiger partial charge in [0.1, 0.15) is 0 Å². The molecule has 1 saturated heterocycles. The predicted octanol–water partition coefficient (Wildman–Crippen LogP) is 1.87. The predicted molar refractivity (Wildman–Crippen MR) is 67.3 cm³/mol. The van der Waals surface area contributed by atoms with Crippen LogP contribution in [-0.4, -0.2) is 37.6 Å². The van der Waals surface area contributed by atoms with E-state index >= 15 is 0 Å². The number of rotatable bonds is 4. The van der Waals surface area contributed by atoms with Crippen molar-refractivity contribution in [1.29, 1.82) is 0 Å². The highest BCUT2D eigenvalue weighted by Gasteiger charge is 2.17. The average Bonchev–Trinajstić information content (AvgIpc) is 2.90. The van der Waals surface area contributed by atoms with Crippen molar-refractivity contribution in [2.45, 2.75) is 12.8 Å². The summed E-state index contributed by atoms with van der Waals surface area (Å²) in [4.78, 5) is 13.6. The Balaban J connectivity index is 1.89. The smallest absolute Gasteiger partial charge is 0.241 e. The van der Waals surface area contributed by atoms with Crippen LogP contribution in [0.3, 0.4) is 0 Å². The SMILES string of the molecule is COc1ccc(NCC(=O)N2CCCC2)cc1F. The molecule has 1 aliphatic heterocycles. The van der Waals surface area contributed by atoms with Crippen molar-refractivity contribution in [3.63, 3.8) is 0 Å². The quantitative estimate of drug-likeness (QED) is 0.889. The number of likely N-dealkylation sites (tertiary alicyclic amines) is 1. The van der Waals surface area contributed by atoms with Crippen LogP contribution in [0.25, 0.3) is 0 Å². The van der Waals surface area contributed by atoms with Crippen LogP contribution in [0.5, 0.6) is 5.75 Å². The molecule has 1 heterocycles. The number of ether oxygens (including phenoxy) is 1. The molecule has 0 aliphatic carbocycles. The fourth-order valence-corrected chi connectivity index (χ4v) is 2.03. The minimum absolute atomic E-state index is 0.0590. The number of carbonyl (C=O) groups is 1. The zero-order valence-corrected chi connectivity index (χ0v) is 10.4. The molecular weight excluding hydrogens is 235 g/mol. The molecule has 4 nitrogen and oxygen atoms in total. The number of hydrogen-bond acceptors (Lipinski definition) is 3. The van der Waals surface area contributed by atoms with Gasteiger partial charge in [-0.25, -0.2) is 4.39 Å². The number of nitrogens with zero attached hydrogens (tertiary/aromatic N) is 1. The number of anilines is 1. The van der Waals surface area contributed by atoms with Crippen LogP contribution in [0.1, 0.15) is 12.8 Å². The van der Waals surface area contributed by atoms with E-state index in [1.165, 1.54) is 19.2 Å².